The number of halogens is 2. The van der Waals surface area contributed by atoms with Crippen LogP contribution in [-0.4, -0.2) is 34.5 Å². The fraction of sp³-hybridized carbons (Fsp3) is 0.385. The van der Waals surface area contributed by atoms with Crippen molar-refractivity contribution in [2.45, 2.75) is 25.8 Å². The summed E-state index contributed by atoms with van der Waals surface area (Å²) in [6.07, 6.45) is -0.392. The predicted octanol–water partition coefficient (Wildman–Crippen LogP) is 1.83. The molecule has 4 nitrogen and oxygen atoms in total. The Morgan fingerprint density at radius 3 is 2.42 bits per heavy atom. The molecule has 0 fully saturated rings. The third-order valence-electron chi connectivity index (χ3n) is 3.09. The highest BCUT2D eigenvalue weighted by atomic mass is 19.1. The second-order valence-corrected chi connectivity index (χ2v) is 4.73. The lowest BCUT2D eigenvalue weighted by Crippen LogP contribution is -2.51. The molecule has 0 unspecified atom stereocenters. The van der Waals surface area contributed by atoms with Crippen LogP contribution in [0.4, 0.5) is 8.78 Å². The lowest BCUT2D eigenvalue weighted by atomic mass is 10.0. The fourth-order valence-electron chi connectivity index (χ4n) is 1.42. The summed E-state index contributed by atoms with van der Waals surface area (Å²) >= 11 is 0. The number of carbonyl (C=O) groups excluding carboxylic acids is 1. The van der Waals surface area contributed by atoms with E-state index in [4.69, 9.17) is 5.11 Å². The molecule has 0 heterocycles. The zero-order valence-corrected chi connectivity index (χ0v) is 10.9. The van der Waals surface area contributed by atoms with Gasteiger partial charge in [0, 0.05) is 12.6 Å². The molecule has 0 aliphatic heterocycles. The zero-order valence-electron chi connectivity index (χ0n) is 10.9. The van der Waals surface area contributed by atoms with E-state index in [1.165, 1.54) is 20.9 Å². The second-order valence-electron chi connectivity index (χ2n) is 4.73. The van der Waals surface area contributed by atoms with Crippen LogP contribution < -0.4 is 0 Å². The minimum Gasteiger partial charge on any atom is -0.480 e. The quantitative estimate of drug-likeness (QED) is 0.909. The van der Waals surface area contributed by atoms with Gasteiger partial charge in [-0.25, -0.2) is 13.6 Å². The van der Waals surface area contributed by atoms with Crippen LogP contribution in [0, 0.1) is 11.6 Å². The smallest absolute Gasteiger partial charge is 0.329 e. The molecule has 6 heteroatoms. The molecule has 104 valence electrons. The van der Waals surface area contributed by atoms with Gasteiger partial charge >= 0.3 is 5.97 Å². The van der Waals surface area contributed by atoms with Crippen LogP contribution in [0.2, 0.25) is 0 Å². The number of nitrogens with zero attached hydrogens (tertiary/aromatic N) is 1. The van der Waals surface area contributed by atoms with Crippen molar-refractivity contribution in [3.63, 3.8) is 0 Å². The molecule has 0 radical (unpaired) electrons. The van der Waals surface area contributed by atoms with Crippen LogP contribution in [0.5, 0.6) is 0 Å². The summed E-state index contributed by atoms with van der Waals surface area (Å²) in [4.78, 5) is 23.9. The molecule has 0 aliphatic rings. The molecule has 1 rings (SSSR count). The first-order valence-corrected chi connectivity index (χ1v) is 5.60. The van der Waals surface area contributed by atoms with Crippen LogP contribution in [-0.2, 0) is 16.0 Å². The lowest BCUT2D eigenvalue weighted by Gasteiger charge is -2.31. The standard InChI is InChI=1S/C13H15F2NO3/c1-13(2,12(18)19)16(3)11(17)7-8-6-9(14)4-5-10(8)15/h4-6H,7H2,1-3H3,(H,18,19). The normalized spacial score (nSPS) is 11.2. The SMILES string of the molecule is CN(C(=O)Cc1cc(F)ccc1F)C(C)(C)C(=O)O. The van der Waals surface area contributed by atoms with Crippen LogP contribution >= 0.6 is 0 Å². The van der Waals surface area contributed by atoms with E-state index in [0.717, 1.165) is 23.1 Å². The molecule has 0 spiro atoms. The van der Waals surface area contributed by atoms with Gasteiger partial charge in [0.15, 0.2) is 0 Å². The molecule has 0 saturated carbocycles. The fourth-order valence-corrected chi connectivity index (χ4v) is 1.42. The minimum atomic E-state index is -1.42. The van der Waals surface area contributed by atoms with Crippen molar-refractivity contribution in [2.24, 2.45) is 0 Å². The Labute approximate surface area is 109 Å². The van der Waals surface area contributed by atoms with Crippen LogP contribution in [0.3, 0.4) is 0 Å². The summed E-state index contributed by atoms with van der Waals surface area (Å²) in [5.74, 6) is -3.12. The first-order valence-electron chi connectivity index (χ1n) is 5.60. The average Bonchev–Trinajstić information content (AvgIpc) is 2.32. The van der Waals surface area contributed by atoms with Gasteiger partial charge in [-0.1, -0.05) is 0 Å². The summed E-state index contributed by atoms with van der Waals surface area (Å²) in [7, 11) is 1.31. The van der Waals surface area contributed by atoms with E-state index in [-0.39, 0.29) is 5.56 Å². The first-order chi connectivity index (χ1) is 8.66. The highest BCUT2D eigenvalue weighted by molar-refractivity contribution is 5.87. The second kappa shape index (κ2) is 5.34. The molecule has 0 saturated heterocycles. The van der Waals surface area contributed by atoms with E-state index in [2.05, 4.69) is 0 Å². The van der Waals surface area contributed by atoms with Gasteiger partial charge < -0.3 is 10.0 Å². The van der Waals surface area contributed by atoms with Crippen molar-refractivity contribution >= 4 is 11.9 Å². The summed E-state index contributed by atoms with van der Waals surface area (Å²) in [5, 5.41) is 9.00. The van der Waals surface area contributed by atoms with Crippen molar-refractivity contribution < 1.29 is 23.5 Å². The summed E-state index contributed by atoms with van der Waals surface area (Å²) in [6.45, 7) is 2.71. The summed E-state index contributed by atoms with van der Waals surface area (Å²) in [6, 6.07) is 2.81. The van der Waals surface area contributed by atoms with Gasteiger partial charge in [0.1, 0.15) is 17.2 Å². The Hall–Kier alpha value is -1.98. The van der Waals surface area contributed by atoms with Gasteiger partial charge in [0.2, 0.25) is 5.91 Å². The van der Waals surface area contributed by atoms with E-state index in [9.17, 15) is 18.4 Å². The number of carbonyl (C=O) groups is 2. The van der Waals surface area contributed by atoms with E-state index < -0.39 is 35.5 Å². The van der Waals surface area contributed by atoms with Crippen LogP contribution in [0.25, 0.3) is 0 Å². The Bertz CT molecular complexity index is 515. The number of carboxylic acids is 1. The molecule has 1 N–H and O–H groups in total. The topological polar surface area (TPSA) is 57.6 Å². The molecule has 19 heavy (non-hydrogen) atoms. The van der Waals surface area contributed by atoms with Gasteiger partial charge in [-0.05, 0) is 32.0 Å². The molecule has 0 aromatic heterocycles. The number of hydrogen-bond acceptors (Lipinski definition) is 2. The van der Waals surface area contributed by atoms with Gasteiger partial charge in [0.05, 0.1) is 6.42 Å². The highest BCUT2D eigenvalue weighted by Gasteiger charge is 2.35. The van der Waals surface area contributed by atoms with Crippen molar-refractivity contribution in [1.82, 2.24) is 4.90 Å². The Balaban J connectivity index is 2.91. The maximum Gasteiger partial charge on any atom is 0.329 e. The molecular weight excluding hydrogens is 256 g/mol. The van der Waals surface area contributed by atoms with Crippen molar-refractivity contribution in [3.8, 4) is 0 Å². The Kier molecular flexibility index (Phi) is 4.24. The monoisotopic (exact) mass is 271 g/mol. The van der Waals surface area contributed by atoms with E-state index in [0.29, 0.717) is 0 Å². The number of carboxylic acid groups (broad SMARTS) is 1. The van der Waals surface area contributed by atoms with E-state index >= 15 is 0 Å². The molecule has 0 aliphatic carbocycles. The maximum absolute atomic E-state index is 13.4. The van der Waals surface area contributed by atoms with Crippen LogP contribution in [0.15, 0.2) is 18.2 Å². The van der Waals surface area contributed by atoms with Crippen molar-refractivity contribution in [3.05, 3.63) is 35.4 Å². The third kappa shape index (κ3) is 3.27. The number of likely N-dealkylation sites (N-methyl/N-ethyl adjacent to an activating group) is 1. The van der Waals surface area contributed by atoms with Gasteiger partial charge in [-0.2, -0.15) is 0 Å². The van der Waals surface area contributed by atoms with Gasteiger partial charge in [-0.3, -0.25) is 4.79 Å². The molecule has 1 amide bonds. The number of rotatable bonds is 4. The first kappa shape index (κ1) is 15.1. The summed E-state index contributed by atoms with van der Waals surface area (Å²) < 4.78 is 26.4. The lowest BCUT2D eigenvalue weighted by molar-refractivity contribution is -0.155. The molecular formula is C13H15F2NO3. The minimum absolute atomic E-state index is 0.0990. The number of benzene rings is 1. The van der Waals surface area contributed by atoms with Crippen molar-refractivity contribution in [2.75, 3.05) is 7.05 Å². The molecule has 0 bridgehead atoms. The highest BCUT2D eigenvalue weighted by Crippen LogP contribution is 2.16. The van der Waals surface area contributed by atoms with Gasteiger partial charge in [-0.15, -0.1) is 0 Å². The molecule has 0 atom stereocenters. The number of aliphatic carboxylic acids is 1. The predicted molar refractivity (Wildman–Crippen MR) is 64.5 cm³/mol. The van der Waals surface area contributed by atoms with Crippen LogP contribution in [0.1, 0.15) is 19.4 Å². The zero-order chi connectivity index (χ0) is 14.8. The Morgan fingerprint density at radius 2 is 1.89 bits per heavy atom. The van der Waals surface area contributed by atoms with Crippen molar-refractivity contribution in [1.29, 1.82) is 0 Å². The van der Waals surface area contributed by atoms with E-state index in [1.807, 2.05) is 0 Å². The maximum atomic E-state index is 13.4. The van der Waals surface area contributed by atoms with Gasteiger partial charge in [0.25, 0.3) is 0 Å². The number of hydrogen-bond donors (Lipinski definition) is 1. The number of amides is 1. The Morgan fingerprint density at radius 1 is 1.32 bits per heavy atom. The molecule has 1 aromatic rings. The largest absolute Gasteiger partial charge is 0.480 e. The van der Waals surface area contributed by atoms with E-state index in [1.54, 1.807) is 0 Å². The summed E-state index contributed by atoms with van der Waals surface area (Å²) in [5.41, 5.74) is -1.51. The third-order valence-corrected chi connectivity index (χ3v) is 3.09. The molecule has 1 aromatic carbocycles. The average molecular weight is 271 g/mol.